The number of esters is 2. The lowest BCUT2D eigenvalue weighted by Gasteiger charge is -2.08. The first-order valence-electron chi connectivity index (χ1n) is 8.85. The zero-order valence-electron chi connectivity index (χ0n) is 16.5. The molecule has 0 unspecified atom stereocenters. The average Bonchev–Trinajstić information content (AvgIpc) is 3.28. The lowest BCUT2D eigenvalue weighted by Crippen LogP contribution is -2.07. The summed E-state index contributed by atoms with van der Waals surface area (Å²) >= 11 is 1.26. The van der Waals surface area contributed by atoms with Crippen LogP contribution in [0.1, 0.15) is 25.7 Å². The van der Waals surface area contributed by atoms with Crippen LogP contribution < -0.4 is 5.32 Å². The third kappa shape index (κ3) is 5.12. The van der Waals surface area contributed by atoms with Gasteiger partial charge in [-0.25, -0.2) is 19.0 Å². The molecule has 0 aliphatic carbocycles. The smallest absolute Gasteiger partial charge is 0.337 e. The summed E-state index contributed by atoms with van der Waals surface area (Å²) in [5, 5.41) is 14.7. The second-order valence-corrected chi connectivity index (χ2v) is 7.00. The molecule has 0 spiro atoms. The first-order valence-corrected chi connectivity index (χ1v) is 9.73. The van der Waals surface area contributed by atoms with Crippen molar-refractivity contribution in [1.82, 2.24) is 4.98 Å². The number of nitrogens with one attached hydrogen (secondary N) is 1. The molecular formula is C22H16FN3O4S. The molecule has 7 nitrogen and oxygen atoms in total. The minimum Gasteiger partial charge on any atom is -0.465 e. The first kappa shape index (κ1) is 21.7. The van der Waals surface area contributed by atoms with Crippen LogP contribution in [0.15, 0.2) is 54.0 Å². The van der Waals surface area contributed by atoms with E-state index in [1.165, 1.54) is 62.1 Å². The van der Waals surface area contributed by atoms with Crippen molar-refractivity contribution >= 4 is 34.5 Å². The Balaban J connectivity index is 1.89. The second kappa shape index (κ2) is 9.65. The number of nitrogens with zero attached hydrogens (tertiary/aromatic N) is 2. The van der Waals surface area contributed by atoms with E-state index in [2.05, 4.69) is 16.4 Å². The molecule has 9 heteroatoms. The molecule has 3 aromatic rings. The molecule has 0 aliphatic heterocycles. The molecular weight excluding hydrogens is 421 g/mol. The summed E-state index contributed by atoms with van der Waals surface area (Å²) < 4.78 is 22.5. The predicted molar refractivity (Wildman–Crippen MR) is 114 cm³/mol. The standard InChI is InChI=1S/C22H16FN3O4S/c1-29-21(27)14-7-15(22(28)30-2)9-18(8-14)25-11-16(10-24)20-26-19(12-31-20)13-3-5-17(23)6-4-13/h3-9,11-12,25H,1-2H3/b16-11+. The van der Waals surface area contributed by atoms with Gasteiger partial charge in [-0.15, -0.1) is 11.3 Å². The molecule has 3 rings (SSSR count). The maximum atomic E-state index is 13.1. The molecule has 1 heterocycles. The number of carbonyl (C=O) groups is 2. The molecule has 2 aromatic carbocycles. The zero-order chi connectivity index (χ0) is 22.4. The fourth-order valence-corrected chi connectivity index (χ4v) is 3.42. The first-order chi connectivity index (χ1) is 14.9. The van der Waals surface area contributed by atoms with E-state index in [1.807, 2.05) is 0 Å². The zero-order valence-corrected chi connectivity index (χ0v) is 17.3. The fourth-order valence-electron chi connectivity index (χ4n) is 2.63. The predicted octanol–water partition coefficient (Wildman–Crippen LogP) is 4.50. The molecule has 0 fully saturated rings. The van der Waals surface area contributed by atoms with Gasteiger partial charge in [0.25, 0.3) is 0 Å². The summed E-state index contributed by atoms with van der Waals surface area (Å²) in [6.07, 6.45) is 1.42. The van der Waals surface area contributed by atoms with Crippen LogP contribution in [0.3, 0.4) is 0 Å². The van der Waals surface area contributed by atoms with Gasteiger partial charge < -0.3 is 14.8 Å². The van der Waals surface area contributed by atoms with Crippen LogP contribution in [0.5, 0.6) is 0 Å². The summed E-state index contributed by atoms with van der Waals surface area (Å²) in [5.74, 6) is -1.59. The molecule has 0 aliphatic rings. The van der Waals surface area contributed by atoms with Crippen LogP contribution in [0.25, 0.3) is 16.8 Å². The van der Waals surface area contributed by atoms with E-state index in [0.717, 1.165) is 5.56 Å². The number of carbonyl (C=O) groups excluding carboxylic acids is 2. The Labute approximate surface area is 181 Å². The van der Waals surface area contributed by atoms with Crippen LogP contribution in [0.2, 0.25) is 0 Å². The molecule has 0 atom stereocenters. The number of hydrogen-bond donors (Lipinski definition) is 1. The van der Waals surface area contributed by atoms with E-state index in [1.54, 1.807) is 17.5 Å². The number of ether oxygens (including phenoxy) is 2. The molecule has 1 N–H and O–H groups in total. The van der Waals surface area contributed by atoms with Crippen molar-refractivity contribution in [1.29, 1.82) is 5.26 Å². The Bertz CT molecular complexity index is 1160. The summed E-state index contributed by atoms with van der Waals surface area (Å²) in [6.45, 7) is 0. The average molecular weight is 437 g/mol. The Morgan fingerprint density at radius 3 is 2.26 bits per heavy atom. The number of anilines is 1. The maximum absolute atomic E-state index is 13.1. The topological polar surface area (TPSA) is 101 Å². The van der Waals surface area contributed by atoms with Gasteiger partial charge in [-0.1, -0.05) is 0 Å². The van der Waals surface area contributed by atoms with Crippen molar-refractivity contribution < 1.29 is 23.5 Å². The van der Waals surface area contributed by atoms with Crippen molar-refractivity contribution in [2.45, 2.75) is 0 Å². The molecule has 1 aromatic heterocycles. The van der Waals surface area contributed by atoms with Crippen LogP contribution >= 0.6 is 11.3 Å². The Hall–Kier alpha value is -4.03. The lowest BCUT2D eigenvalue weighted by molar-refractivity contribution is 0.0599. The van der Waals surface area contributed by atoms with Crippen molar-refractivity contribution in [3.05, 3.63) is 76.0 Å². The maximum Gasteiger partial charge on any atom is 0.337 e. The van der Waals surface area contributed by atoms with Gasteiger partial charge in [0, 0.05) is 22.8 Å². The molecule has 0 radical (unpaired) electrons. The third-order valence-corrected chi connectivity index (χ3v) is 5.03. The van der Waals surface area contributed by atoms with Crippen molar-refractivity contribution in [2.75, 3.05) is 19.5 Å². The number of aromatic nitrogens is 1. The summed E-state index contributed by atoms with van der Waals surface area (Å²) in [5.41, 5.74) is 2.25. The third-order valence-electron chi connectivity index (χ3n) is 4.15. The van der Waals surface area contributed by atoms with Crippen molar-refractivity contribution in [3.63, 3.8) is 0 Å². The number of halogens is 1. The Morgan fingerprint density at radius 2 is 1.71 bits per heavy atom. The molecule has 156 valence electrons. The fraction of sp³-hybridized carbons (Fsp3) is 0.0909. The number of benzene rings is 2. The molecule has 0 saturated heterocycles. The van der Waals surface area contributed by atoms with Crippen molar-refractivity contribution in [2.24, 2.45) is 0 Å². The highest BCUT2D eigenvalue weighted by Crippen LogP contribution is 2.26. The minimum absolute atomic E-state index is 0.146. The lowest BCUT2D eigenvalue weighted by atomic mass is 10.1. The number of allylic oxidation sites excluding steroid dienone is 1. The normalized spacial score (nSPS) is 10.8. The second-order valence-electron chi connectivity index (χ2n) is 6.14. The quantitative estimate of drug-likeness (QED) is 0.447. The van der Waals surface area contributed by atoms with Crippen molar-refractivity contribution in [3.8, 4) is 17.3 Å². The number of hydrogen-bond acceptors (Lipinski definition) is 8. The largest absolute Gasteiger partial charge is 0.465 e. The monoisotopic (exact) mass is 437 g/mol. The van der Waals surface area contributed by atoms with Crippen LogP contribution in [-0.4, -0.2) is 31.1 Å². The van der Waals surface area contributed by atoms with Crippen LogP contribution in [0.4, 0.5) is 10.1 Å². The van der Waals surface area contributed by atoms with Gasteiger partial charge in [-0.3, -0.25) is 0 Å². The van der Waals surface area contributed by atoms with Crippen LogP contribution in [-0.2, 0) is 9.47 Å². The van der Waals surface area contributed by atoms with Gasteiger partial charge in [-0.2, -0.15) is 5.26 Å². The minimum atomic E-state index is -0.623. The van der Waals surface area contributed by atoms with E-state index in [9.17, 15) is 19.2 Å². The van der Waals surface area contributed by atoms with Gasteiger partial charge >= 0.3 is 11.9 Å². The van der Waals surface area contributed by atoms with E-state index in [0.29, 0.717) is 16.4 Å². The molecule has 0 amide bonds. The van der Waals surface area contributed by atoms with Gasteiger partial charge in [-0.05, 0) is 42.5 Å². The van der Waals surface area contributed by atoms with Gasteiger partial charge in [0.1, 0.15) is 22.5 Å². The Morgan fingerprint density at radius 1 is 1.10 bits per heavy atom. The number of nitriles is 1. The van der Waals surface area contributed by atoms with Gasteiger partial charge in [0.2, 0.25) is 0 Å². The van der Waals surface area contributed by atoms with Crippen LogP contribution in [0, 0.1) is 17.1 Å². The molecule has 0 bridgehead atoms. The SMILES string of the molecule is COC(=O)c1cc(N/C=C(\C#N)c2nc(-c3ccc(F)cc3)cs2)cc(C(=O)OC)c1. The van der Waals surface area contributed by atoms with Gasteiger partial charge in [0.15, 0.2) is 0 Å². The molecule has 31 heavy (non-hydrogen) atoms. The number of thiazole rings is 1. The highest BCUT2D eigenvalue weighted by molar-refractivity contribution is 7.11. The summed E-state index contributed by atoms with van der Waals surface area (Å²) in [6, 6.07) is 12.3. The highest BCUT2D eigenvalue weighted by Gasteiger charge is 2.14. The number of rotatable bonds is 6. The van der Waals surface area contributed by atoms with E-state index in [4.69, 9.17) is 9.47 Å². The summed E-state index contributed by atoms with van der Waals surface area (Å²) in [4.78, 5) is 28.2. The molecule has 0 saturated carbocycles. The van der Waals surface area contributed by atoms with E-state index >= 15 is 0 Å². The van der Waals surface area contributed by atoms with Gasteiger partial charge in [0.05, 0.1) is 31.0 Å². The number of methoxy groups -OCH3 is 2. The van der Waals surface area contributed by atoms with E-state index < -0.39 is 11.9 Å². The highest BCUT2D eigenvalue weighted by atomic mass is 32.1. The summed E-state index contributed by atoms with van der Waals surface area (Å²) in [7, 11) is 2.46. The van der Waals surface area contributed by atoms with E-state index in [-0.39, 0.29) is 22.5 Å². The Kier molecular flexibility index (Phi) is 6.74.